The van der Waals surface area contributed by atoms with Gasteiger partial charge in [-0.15, -0.1) is 0 Å². The highest BCUT2D eigenvalue weighted by Crippen LogP contribution is 2.23. The first kappa shape index (κ1) is 16.9. The molecule has 0 bridgehead atoms. The van der Waals surface area contributed by atoms with E-state index in [1.807, 2.05) is 6.92 Å². The van der Waals surface area contributed by atoms with Gasteiger partial charge in [0.2, 0.25) is 0 Å². The van der Waals surface area contributed by atoms with Crippen molar-refractivity contribution in [2.75, 3.05) is 19.8 Å². The van der Waals surface area contributed by atoms with Crippen LogP contribution in [0, 0.1) is 5.41 Å². The molecule has 0 rings (SSSR count). The predicted molar refractivity (Wildman–Crippen MR) is 66.9 cm³/mol. The summed E-state index contributed by atoms with van der Waals surface area (Å²) in [5, 5.41) is 8.61. The topological polar surface area (TPSA) is 72.8 Å². The first-order valence-electron chi connectivity index (χ1n) is 6.37. The van der Waals surface area contributed by atoms with Crippen molar-refractivity contribution >= 4 is 11.9 Å². The van der Waals surface area contributed by atoms with Crippen molar-refractivity contribution in [1.82, 2.24) is 0 Å². The highest BCUT2D eigenvalue weighted by molar-refractivity contribution is 5.77. The van der Waals surface area contributed by atoms with E-state index in [9.17, 15) is 9.59 Å². The van der Waals surface area contributed by atoms with E-state index >= 15 is 0 Å². The number of ether oxygens (including phenoxy) is 2. The molecule has 0 spiro atoms. The van der Waals surface area contributed by atoms with Gasteiger partial charge in [0, 0.05) is 13.5 Å². The van der Waals surface area contributed by atoms with E-state index in [0.29, 0.717) is 13.0 Å². The zero-order valence-electron chi connectivity index (χ0n) is 11.5. The molecule has 0 heterocycles. The second kappa shape index (κ2) is 8.91. The average Bonchev–Trinajstić information content (AvgIpc) is 2.35. The van der Waals surface area contributed by atoms with Gasteiger partial charge in [-0.1, -0.05) is 6.92 Å². The Labute approximate surface area is 108 Å². The van der Waals surface area contributed by atoms with E-state index in [1.54, 1.807) is 6.92 Å². The molecule has 0 aromatic heterocycles. The minimum Gasteiger partial charge on any atom is -0.465 e. The third-order valence-electron chi connectivity index (χ3n) is 2.90. The summed E-state index contributed by atoms with van der Waals surface area (Å²) in [6.07, 6.45) is 2.84. The van der Waals surface area contributed by atoms with Crippen LogP contribution in [0.4, 0.5) is 0 Å². The van der Waals surface area contributed by atoms with Crippen molar-refractivity contribution in [3.05, 3.63) is 0 Å². The van der Waals surface area contributed by atoms with Gasteiger partial charge in [0.05, 0.1) is 12.0 Å². The third kappa shape index (κ3) is 6.59. The zero-order valence-corrected chi connectivity index (χ0v) is 11.5. The van der Waals surface area contributed by atoms with Crippen molar-refractivity contribution in [2.45, 2.75) is 46.5 Å². The quantitative estimate of drug-likeness (QED) is 0.504. The number of carbonyl (C=O) groups excluding carboxylic acids is 2. The van der Waals surface area contributed by atoms with Gasteiger partial charge in [-0.3, -0.25) is 9.59 Å². The van der Waals surface area contributed by atoms with E-state index in [1.165, 1.54) is 6.92 Å². The summed E-state index contributed by atoms with van der Waals surface area (Å²) in [7, 11) is 0. The fraction of sp³-hybridized carbons (Fsp3) is 0.846. The number of hydrogen-bond acceptors (Lipinski definition) is 5. The first-order chi connectivity index (χ1) is 8.46. The standard InChI is InChI=1S/C13H24O5/c1-4-13(3,10-18-11(2)15)12(16)17-9-7-5-6-8-14/h14H,4-10H2,1-3H3. The van der Waals surface area contributed by atoms with Gasteiger partial charge in [-0.2, -0.15) is 0 Å². The summed E-state index contributed by atoms with van der Waals surface area (Å²) >= 11 is 0. The molecule has 1 unspecified atom stereocenters. The summed E-state index contributed by atoms with van der Waals surface area (Å²) in [5.74, 6) is -0.735. The molecule has 0 aliphatic rings. The van der Waals surface area contributed by atoms with E-state index in [0.717, 1.165) is 19.3 Å². The fourth-order valence-electron chi connectivity index (χ4n) is 1.30. The van der Waals surface area contributed by atoms with Gasteiger partial charge in [-0.05, 0) is 32.6 Å². The van der Waals surface area contributed by atoms with Crippen LogP contribution >= 0.6 is 0 Å². The number of esters is 2. The fourth-order valence-corrected chi connectivity index (χ4v) is 1.30. The van der Waals surface area contributed by atoms with Gasteiger partial charge >= 0.3 is 11.9 Å². The van der Waals surface area contributed by atoms with Crippen molar-refractivity contribution in [1.29, 1.82) is 0 Å². The number of hydrogen-bond donors (Lipinski definition) is 1. The van der Waals surface area contributed by atoms with E-state index in [2.05, 4.69) is 0 Å². The number of carbonyl (C=O) groups is 2. The Morgan fingerprint density at radius 2 is 1.83 bits per heavy atom. The number of rotatable bonds is 9. The lowest BCUT2D eigenvalue weighted by Crippen LogP contribution is -2.35. The van der Waals surface area contributed by atoms with Crippen LogP contribution in [0.1, 0.15) is 46.5 Å². The summed E-state index contributed by atoms with van der Waals surface area (Å²) < 4.78 is 10.1. The summed E-state index contributed by atoms with van der Waals surface area (Å²) in [4.78, 5) is 22.6. The lowest BCUT2D eigenvalue weighted by molar-refractivity contribution is -0.162. The van der Waals surface area contributed by atoms with E-state index in [4.69, 9.17) is 14.6 Å². The lowest BCUT2D eigenvalue weighted by atomic mass is 9.89. The molecule has 0 saturated heterocycles. The Hall–Kier alpha value is -1.10. The SMILES string of the molecule is CCC(C)(COC(C)=O)C(=O)OCCCCCO. The molecule has 5 heteroatoms. The molecular weight excluding hydrogens is 236 g/mol. The van der Waals surface area contributed by atoms with Crippen molar-refractivity contribution < 1.29 is 24.2 Å². The Morgan fingerprint density at radius 3 is 2.33 bits per heavy atom. The van der Waals surface area contributed by atoms with Gasteiger partial charge in [0.15, 0.2) is 0 Å². The Balaban J connectivity index is 4.04. The van der Waals surface area contributed by atoms with Crippen molar-refractivity contribution in [3.63, 3.8) is 0 Å². The molecule has 106 valence electrons. The second-order valence-electron chi connectivity index (χ2n) is 4.61. The second-order valence-corrected chi connectivity index (χ2v) is 4.61. The van der Waals surface area contributed by atoms with Gasteiger partial charge < -0.3 is 14.6 Å². The zero-order chi connectivity index (χ0) is 14.0. The van der Waals surface area contributed by atoms with Crippen LogP contribution in [-0.2, 0) is 19.1 Å². The summed E-state index contributed by atoms with van der Waals surface area (Å²) in [6.45, 7) is 5.45. The molecule has 0 fully saturated rings. The lowest BCUT2D eigenvalue weighted by Gasteiger charge is -2.25. The van der Waals surface area contributed by atoms with Crippen molar-refractivity contribution in [2.24, 2.45) is 5.41 Å². The molecule has 0 radical (unpaired) electrons. The highest BCUT2D eigenvalue weighted by Gasteiger charge is 2.34. The minimum absolute atomic E-state index is 0.0499. The normalized spacial score (nSPS) is 13.8. The van der Waals surface area contributed by atoms with Crippen LogP contribution in [0.15, 0.2) is 0 Å². The molecule has 0 aliphatic carbocycles. The Kier molecular flexibility index (Phi) is 8.37. The molecule has 0 aromatic rings. The highest BCUT2D eigenvalue weighted by atomic mass is 16.5. The van der Waals surface area contributed by atoms with Crippen LogP contribution in [0.2, 0.25) is 0 Å². The van der Waals surface area contributed by atoms with Crippen LogP contribution in [-0.4, -0.2) is 36.9 Å². The maximum Gasteiger partial charge on any atom is 0.315 e. The van der Waals surface area contributed by atoms with Crippen LogP contribution in [0.25, 0.3) is 0 Å². The number of aliphatic hydroxyl groups is 1. The molecule has 0 saturated carbocycles. The summed E-state index contributed by atoms with van der Waals surface area (Å²) in [6, 6.07) is 0. The average molecular weight is 260 g/mol. The van der Waals surface area contributed by atoms with Gasteiger partial charge in [-0.25, -0.2) is 0 Å². The van der Waals surface area contributed by atoms with Gasteiger partial charge in [0.1, 0.15) is 6.61 Å². The first-order valence-corrected chi connectivity index (χ1v) is 6.37. The number of unbranched alkanes of at least 4 members (excludes halogenated alkanes) is 2. The predicted octanol–water partition coefficient (Wildman–Crippen LogP) is 1.67. The molecule has 18 heavy (non-hydrogen) atoms. The smallest absolute Gasteiger partial charge is 0.315 e. The molecular formula is C13H24O5. The Morgan fingerprint density at radius 1 is 1.17 bits per heavy atom. The van der Waals surface area contributed by atoms with Crippen LogP contribution in [0.5, 0.6) is 0 Å². The molecule has 5 nitrogen and oxygen atoms in total. The Bertz CT molecular complexity index is 264. The molecule has 1 atom stereocenters. The van der Waals surface area contributed by atoms with E-state index < -0.39 is 11.4 Å². The maximum atomic E-state index is 11.9. The maximum absolute atomic E-state index is 11.9. The largest absolute Gasteiger partial charge is 0.465 e. The van der Waals surface area contributed by atoms with E-state index in [-0.39, 0.29) is 19.2 Å². The van der Waals surface area contributed by atoms with Crippen LogP contribution in [0.3, 0.4) is 0 Å². The summed E-state index contributed by atoms with van der Waals surface area (Å²) in [5.41, 5.74) is -0.775. The molecule has 0 aromatic carbocycles. The minimum atomic E-state index is -0.775. The van der Waals surface area contributed by atoms with Crippen LogP contribution < -0.4 is 0 Å². The molecule has 0 aliphatic heterocycles. The van der Waals surface area contributed by atoms with Gasteiger partial charge in [0.25, 0.3) is 0 Å². The molecule has 0 amide bonds. The molecule has 1 N–H and O–H groups in total. The monoisotopic (exact) mass is 260 g/mol. The van der Waals surface area contributed by atoms with Crippen molar-refractivity contribution in [3.8, 4) is 0 Å². The third-order valence-corrected chi connectivity index (χ3v) is 2.90. The number of aliphatic hydroxyl groups excluding tert-OH is 1.